The number of halogens is 2. The van der Waals surface area contributed by atoms with Crippen molar-refractivity contribution in [3.8, 4) is 5.75 Å². The second-order valence-electron chi connectivity index (χ2n) is 12.4. The van der Waals surface area contributed by atoms with E-state index in [4.69, 9.17) is 9.47 Å². The Balaban J connectivity index is 0.984. The average Bonchev–Trinajstić information content (AvgIpc) is 3.69. The van der Waals surface area contributed by atoms with Gasteiger partial charge in [-0.1, -0.05) is 42.9 Å². The van der Waals surface area contributed by atoms with E-state index in [0.717, 1.165) is 29.6 Å². The van der Waals surface area contributed by atoms with Crippen molar-refractivity contribution in [1.29, 1.82) is 0 Å². The van der Waals surface area contributed by atoms with Gasteiger partial charge in [0.25, 0.3) is 5.92 Å². The van der Waals surface area contributed by atoms with Gasteiger partial charge in [0.2, 0.25) is 0 Å². The SMILES string of the molecule is CC=CC=C(C)C1CCC(C2CCC3C(C2)CC3C2OC2NCCOc2cccc(C(F)(F)CC)c2)CC1. The zero-order valence-electron chi connectivity index (χ0n) is 23.5. The fourth-order valence-corrected chi connectivity index (χ4v) is 7.72. The zero-order valence-corrected chi connectivity index (χ0v) is 23.5. The van der Waals surface area contributed by atoms with E-state index >= 15 is 0 Å². The number of benzene rings is 1. The fourth-order valence-electron chi connectivity index (χ4n) is 7.72. The van der Waals surface area contributed by atoms with Gasteiger partial charge in [0.1, 0.15) is 24.7 Å². The van der Waals surface area contributed by atoms with Crippen molar-refractivity contribution < 1.29 is 18.3 Å². The molecule has 3 saturated carbocycles. The molecule has 38 heavy (non-hydrogen) atoms. The van der Waals surface area contributed by atoms with E-state index < -0.39 is 5.92 Å². The van der Waals surface area contributed by atoms with Gasteiger partial charge in [-0.25, -0.2) is 8.78 Å². The van der Waals surface area contributed by atoms with Crippen LogP contribution in [0, 0.1) is 35.5 Å². The normalized spacial score (nSPS) is 35.6. The Kier molecular flexibility index (Phi) is 8.94. The average molecular weight is 528 g/mol. The molecule has 4 aliphatic rings. The maximum atomic E-state index is 13.9. The Labute approximate surface area is 228 Å². The first-order valence-corrected chi connectivity index (χ1v) is 15.2. The topological polar surface area (TPSA) is 33.8 Å². The maximum absolute atomic E-state index is 13.9. The molecule has 1 saturated heterocycles. The van der Waals surface area contributed by atoms with Crippen LogP contribution >= 0.6 is 0 Å². The van der Waals surface area contributed by atoms with Crippen molar-refractivity contribution in [2.24, 2.45) is 35.5 Å². The third-order valence-electron chi connectivity index (χ3n) is 10.2. The molecule has 210 valence electrons. The molecule has 1 aromatic rings. The first-order chi connectivity index (χ1) is 18.4. The van der Waals surface area contributed by atoms with E-state index in [1.54, 1.807) is 17.7 Å². The van der Waals surface area contributed by atoms with Crippen molar-refractivity contribution in [1.82, 2.24) is 5.32 Å². The molecule has 1 aliphatic heterocycles. The first-order valence-electron chi connectivity index (χ1n) is 15.2. The molecule has 0 aromatic heterocycles. The maximum Gasteiger partial charge on any atom is 0.273 e. The Morgan fingerprint density at radius 2 is 1.84 bits per heavy atom. The van der Waals surface area contributed by atoms with E-state index in [2.05, 4.69) is 37.4 Å². The predicted octanol–water partition coefficient (Wildman–Crippen LogP) is 8.26. The molecule has 3 aliphatic carbocycles. The highest BCUT2D eigenvalue weighted by Gasteiger charge is 2.56. The Bertz CT molecular complexity index is 983. The van der Waals surface area contributed by atoms with Gasteiger partial charge < -0.3 is 9.47 Å². The number of epoxide rings is 1. The summed E-state index contributed by atoms with van der Waals surface area (Å²) in [6.45, 7) is 7.00. The second-order valence-corrected chi connectivity index (χ2v) is 12.4. The van der Waals surface area contributed by atoms with Crippen molar-refractivity contribution >= 4 is 0 Å². The van der Waals surface area contributed by atoms with E-state index in [1.807, 2.05) is 0 Å². The quantitative estimate of drug-likeness (QED) is 0.179. The molecule has 5 rings (SSSR count). The van der Waals surface area contributed by atoms with Crippen LogP contribution in [0.4, 0.5) is 8.78 Å². The molecule has 4 fully saturated rings. The van der Waals surface area contributed by atoms with Gasteiger partial charge in [-0.05, 0) is 113 Å². The lowest BCUT2D eigenvalue weighted by Gasteiger charge is -2.51. The summed E-state index contributed by atoms with van der Waals surface area (Å²) < 4.78 is 39.7. The molecular weight excluding hydrogens is 480 g/mol. The lowest BCUT2D eigenvalue weighted by Crippen LogP contribution is -2.46. The molecule has 1 N–H and O–H groups in total. The van der Waals surface area contributed by atoms with Crippen LogP contribution in [0.2, 0.25) is 0 Å². The number of hydrogen-bond donors (Lipinski definition) is 1. The molecule has 0 amide bonds. The zero-order chi connectivity index (χ0) is 26.7. The highest BCUT2D eigenvalue weighted by atomic mass is 19.3. The molecule has 6 unspecified atom stereocenters. The third-order valence-corrected chi connectivity index (χ3v) is 10.2. The summed E-state index contributed by atoms with van der Waals surface area (Å²) in [6.07, 6.45) is 18.1. The summed E-state index contributed by atoms with van der Waals surface area (Å²) in [4.78, 5) is 0. The molecule has 0 radical (unpaired) electrons. The van der Waals surface area contributed by atoms with E-state index in [1.165, 1.54) is 70.4 Å². The summed E-state index contributed by atoms with van der Waals surface area (Å²) in [7, 11) is 0. The van der Waals surface area contributed by atoms with Crippen LogP contribution in [0.5, 0.6) is 5.75 Å². The Morgan fingerprint density at radius 1 is 1.05 bits per heavy atom. The monoisotopic (exact) mass is 527 g/mol. The fraction of sp³-hybridized carbons (Fsp3) is 0.697. The van der Waals surface area contributed by atoms with Crippen molar-refractivity contribution in [3.05, 3.63) is 53.6 Å². The molecule has 1 heterocycles. The standard InChI is InChI=1S/C33H47F2NO2/c1-4-6-8-22(3)23-11-13-24(14-12-23)25-15-16-29-26(19-25)20-30(29)31-32(38-31)36-17-18-37-28-10-7-9-27(21-28)33(34,35)5-2/h4,6-10,21,23-26,29-32,36H,5,11-20H2,1-3H3. The number of allylic oxidation sites excluding steroid dienone is 4. The molecule has 6 atom stereocenters. The number of rotatable bonds is 11. The van der Waals surface area contributed by atoms with Crippen molar-refractivity contribution in [3.63, 3.8) is 0 Å². The third kappa shape index (κ3) is 6.36. The smallest absolute Gasteiger partial charge is 0.273 e. The minimum absolute atomic E-state index is 0.0188. The van der Waals surface area contributed by atoms with Gasteiger partial charge in [-0.3, -0.25) is 5.32 Å². The number of nitrogens with one attached hydrogen (secondary N) is 1. The molecule has 1 aromatic carbocycles. The lowest BCUT2D eigenvalue weighted by atomic mass is 9.53. The van der Waals surface area contributed by atoms with Crippen LogP contribution in [0.3, 0.4) is 0 Å². The lowest BCUT2D eigenvalue weighted by molar-refractivity contribution is -0.0252. The molecular formula is C33H47F2NO2. The summed E-state index contributed by atoms with van der Waals surface area (Å²) in [5, 5.41) is 3.46. The minimum Gasteiger partial charge on any atom is -0.492 e. The second kappa shape index (κ2) is 12.2. The number of fused-ring (bicyclic) bond motifs is 1. The number of alkyl halides is 2. The Hall–Kier alpha value is -1.72. The summed E-state index contributed by atoms with van der Waals surface area (Å²) in [5.41, 5.74) is 1.59. The van der Waals surface area contributed by atoms with E-state index in [9.17, 15) is 8.78 Å². The van der Waals surface area contributed by atoms with Crippen LogP contribution < -0.4 is 10.1 Å². The van der Waals surface area contributed by atoms with Gasteiger partial charge >= 0.3 is 0 Å². The van der Waals surface area contributed by atoms with Crippen molar-refractivity contribution in [2.45, 2.75) is 96.8 Å². The highest BCUT2D eigenvalue weighted by molar-refractivity contribution is 5.31. The van der Waals surface area contributed by atoms with Crippen LogP contribution in [0.15, 0.2) is 48.1 Å². The van der Waals surface area contributed by atoms with Gasteiger partial charge in [-0.15, -0.1) is 0 Å². The van der Waals surface area contributed by atoms with Gasteiger partial charge in [0.05, 0.1) is 0 Å². The van der Waals surface area contributed by atoms with Crippen molar-refractivity contribution in [2.75, 3.05) is 13.2 Å². The molecule has 0 spiro atoms. The number of ether oxygens (including phenoxy) is 2. The van der Waals surface area contributed by atoms with Gasteiger partial charge in [-0.2, -0.15) is 0 Å². The summed E-state index contributed by atoms with van der Waals surface area (Å²) in [5.74, 6) is 2.85. The molecule has 0 bridgehead atoms. The van der Waals surface area contributed by atoms with E-state index in [0.29, 0.717) is 30.9 Å². The molecule has 5 heteroatoms. The molecule has 3 nitrogen and oxygen atoms in total. The summed E-state index contributed by atoms with van der Waals surface area (Å²) >= 11 is 0. The highest BCUT2D eigenvalue weighted by Crippen LogP contribution is 2.57. The number of hydrogen-bond acceptors (Lipinski definition) is 3. The van der Waals surface area contributed by atoms with Crippen LogP contribution in [0.1, 0.15) is 84.1 Å². The van der Waals surface area contributed by atoms with Crippen LogP contribution in [0.25, 0.3) is 0 Å². The van der Waals surface area contributed by atoms with E-state index in [-0.39, 0.29) is 18.2 Å². The predicted molar refractivity (Wildman–Crippen MR) is 149 cm³/mol. The largest absolute Gasteiger partial charge is 0.492 e. The minimum atomic E-state index is -2.81. The van der Waals surface area contributed by atoms with Gasteiger partial charge in [0, 0.05) is 18.5 Å². The summed E-state index contributed by atoms with van der Waals surface area (Å²) in [6, 6.07) is 6.30. The Morgan fingerprint density at radius 3 is 2.58 bits per heavy atom. The first kappa shape index (κ1) is 27.8. The van der Waals surface area contributed by atoms with Crippen LogP contribution in [-0.4, -0.2) is 25.5 Å². The van der Waals surface area contributed by atoms with Crippen LogP contribution in [-0.2, 0) is 10.7 Å². The van der Waals surface area contributed by atoms with Gasteiger partial charge in [0.15, 0.2) is 0 Å².